The van der Waals surface area contributed by atoms with E-state index >= 15 is 0 Å². The quantitative estimate of drug-likeness (QED) is 0.575. The predicted octanol–water partition coefficient (Wildman–Crippen LogP) is 3.02. The summed E-state index contributed by atoms with van der Waals surface area (Å²) < 4.78 is 0. The molecule has 0 amide bonds. The van der Waals surface area contributed by atoms with E-state index in [9.17, 15) is 0 Å². The van der Waals surface area contributed by atoms with Crippen molar-refractivity contribution < 1.29 is 16.0 Å². The number of unbranched alkanes of at least 4 members (excludes halogenated alkanes) is 1. The fourth-order valence-corrected chi connectivity index (χ4v) is 1.01. The van der Waals surface area contributed by atoms with E-state index in [0.717, 1.165) is 6.42 Å². The second kappa shape index (κ2) is 6.38. The second-order valence-electron chi connectivity index (χ2n) is 2.20. The zero-order valence-electron chi connectivity index (χ0n) is 6.21. The standard InChI is InChI=1S/C8H15.Cu/c1-4-6-7-8(3)5-2;/h3H,4-7H2,1-2H3;. The van der Waals surface area contributed by atoms with E-state index in [1.165, 1.54) is 24.8 Å². The van der Waals surface area contributed by atoms with Crippen LogP contribution in [-0.4, -0.2) is 0 Å². The van der Waals surface area contributed by atoms with Gasteiger partial charge in [0.05, 0.1) is 0 Å². The van der Waals surface area contributed by atoms with Crippen molar-refractivity contribution in [3.8, 4) is 0 Å². The van der Waals surface area contributed by atoms with Gasteiger partial charge in [-0.2, -0.15) is 0 Å². The van der Waals surface area contributed by atoms with Crippen molar-refractivity contribution in [2.24, 2.45) is 0 Å². The van der Waals surface area contributed by atoms with Gasteiger partial charge in [-0.05, 0) is 0 Å². The van der Waals surface area contributed by atoms with Gasteiger partial charge in [0.25, 0.3) is 0 Å². The summed E-state index contributed by atoms with van der Waals surface area (Å²) in [6.45, 7) is 4.36. The maximum atomic E-state index is 4.96. The Morgan fingerprint density at radius 2 is 2.11 bits per heavy atom. The Kier molecular flexibility index (Phi) is 6.56. The van der Waals surface area contributed by atoms with Gasteiger partial charge in [0.15, 0.2) is 0 Å². The number of rotatable bonds is 4. The molecule has 9 heavy (non-hydrogen) atoms. The Labute approximate surface area is 66.5 Å². The monoisotopic (exact) mass is 174 g/mol. The molecular weight excluding hydrogens is 160 g/mol. The predicted molar refractivity (Wildman–Crippen MR) is 37.9 cm³/mol. The van der Waals surface area contributed by atoms with Gasteiger partial charge in [0, 0.05) is 0 Å². The van der Waals surface area contributed by atoms with Gasteiger partial charge in [-0.25, -0.2) is 0 Å². The molecule has 0 N–H and O–H groups in total. The third-order valence-electron chi connectivity index (χ3n) is 1.43. The summed E-state index contributed by atoms with van der Waals surface area (Å²) in [5.41, 5.74) is 1.41. The minimum atomic E-state index is 1.12. The molecular formula is C8H15Cu. The molecule has 0 aromatic carbocycles. The first kappa shape index (κ1) is 9.26. The van der Waals surface area contributed by atoms with Gasteiger partial charge in [-0.15, -0.1) is 0 Å². The molecule has 0 aliphatic heterocycles. The molecule has 1 heteroatoms. The Hall–Kier alpha value is 0.259. The van der Waals surface area contributed by atoms with E-state index in [1.54, 1.807) is 0 Å². The third kappa shape index (κ3) is 4.74. The van der Waals surface area contributed by atoms with Gasteiger partial charge >= 0.3 is 66.1 Å². The van der Waals surface area contributed by atoms with Gasteiger partial charge < -0.3 is 0 Å². The molecule has 0 fully saturated rings. The molecule has 0 aliphatic rings. The summed E-state index contributed by atoms with van der Waals surface area (Å²) in [5, 5.41) is 0. The molecule has 58 valence electrons. The SMILES string of the molecule is CCCC/C(=[CH]/[Cu])CC. The molecule has 0 spiro atoms. The summed E-state index contributed by atoms with van der Waals surface area (Å²) in [4.78, 5) is 1.81. The van der Waals surface area contributed by atoms with Crippen LogP contribution in [0.1, 0.15) is 39.5 Å². The van der Waals surface area contributed by atoms with Crippen LogP contribution >= 0.6 is 0 Å². The molecule has 0 bridgehead atoms. The first-order valence-electron chi connectivity index (χ1n) is 3.58. The Bertz CT molecular complexity index is 84.6. The van der Waals surface area contributed by atoms with Crippen molar-refractivity contribution in [3.63, 3.8) is 0 Å². The van der Waals surface area contributed by atoms with Gasteiger partial charge in [0.2, 0.25) is 0 Å². The zero-order chi connectivity index (χ0) is 7.11. The van der Waals surface area contributed by atoms with Gasteiger partial charge in [-0.1, -0.05) is 0 Å². The molecule has 0 heterocycles. The molecule has 0 saturated heterocycles. The Morgan fingerprint density at radius 3 is 2.44 bits per heavy atom. The van der Waals surface area contributed by atoms with E-state index in [0.29, 0.717) is 0 Å². The molecule has 0 radical (unpaired) electrons. The van der Waals surface area contributed by atoms with E-state index in [2.05, 4.69) is 13.8 Å². The normalized spacial score (nSPS) is 12.2. The average Bonchev–Trinajstić information content (AvgIpc) is 1.91. The van der Waals surface area contributed by atoms with Crippen molar-refractivity contribution in [3.05, 3.63) is 10.5 Å². The minimum absolute atomic E-state index is 1.12. The van der Waals surface area contributed by atoms with Crippen LogP contribution in [0.5, 0.6) is 0 Å². The van der Waals surface area contributed by atoms with E-state index < -0.39 is 0 Å². The topological polar surface area (TPSA) is 0 Å². The number of hydrogen-bond donors (Lipinski definition) is 0. The van der Waals surface area contributed by atoms with Crippen molar-refractivity contribution >= 4 is 0 Å². The Balaban J connectivity index is 3.33. The van der Waals surface area contributed by atoms with Crippen LogP contribution in [0.25, 0.3) is 0 Å². The second-order valence-corrected chi connectivity index (χ2v) is 2.47. The van der Waals surface area contributed by atoms with Crippen LogP contribution in [0.15, 0.2) is 10.5 Å². The van der Waals surface area contributed by atoms with Gasteiger partial charge in [0.1, 0.15) is 0 Å². The van der Waals surface area contributed by atoms with Crippen LogP contribution < -0.4 is 0 Å². The van der Waals surface area contributed by atoms with Crippen molar-refractivity contribution in [2.75, 3.05) is 0 Å². The number of allylic oxidation sites excluding steroid dienone is 1. The van der Waals surface area contributed by atoms with Crippen molar-refractivity contribution in [1.29, 1.82) is 0 Å². The average molecular weight is 175 g/mol. The third-order valence-corrected chi connectivity index (χ3v) is 1.81. The molecule has 0 unspecified atom stereocenters. The molecule has 0 aliphatic carbocycles. The Morgan fingerprint density at radius 1 is 1.44 bits per heavy atom. The van der Waals surface area contributed by atoms with E-state index in [4.69, 9.17) is 16.0 Å². The van der Waals surface area contributed by atoms with Crippen molar-refractivity contribution in [2.45, 2.75) is 39.5 Å². The first-order chi connectivity index (χ1) is 4.35. The van der Waals surface area contributed by atoms with Gasteiger partial charge in [-0.3, -0.25) is 0 Å². The van der Waals surface area contributed by atoms with E-state index in [1.807, 2.05) is 4.97 Å². The summed E-state index contributed by atoms with van der Waals surface area (Å²) in [7, 11) is 0. The molecule has 0 aromatic rings. The zero-order valence-corrected chi connectivity index (χ0v) is 7.15. The first-order valence-corrected chi connectivity index (χ1v) is 4.13. The van der Waals surface area contributed by atoms with E-state index in [-0.39, 0.29) is 0 Å². The van der Waals surface area contributed by atoms with Crippen LogP contribution in [0.3, 0.4) is 0 Å². The molecule has 0 rings (SSSR count). The molecule has 0 atom stereocenters. The van der Waals surface area contributed by atoms with Crippen LogP contribution in [0.2, 0.25) is 0 Å². The molecule has 0 aromatic heterocycles. The van der Waals surface area contributed by atoms with Crippen LogP contribution in [0, 0.1) is 0 Å². The number of hydrogen-bond acceptors (Lipinski definition) is 0. The maximum absolute atomic E-state index is 4.96. The molecule has 0 saturated carbocycles. The molecule has 0 nitrogen and oxygen atoms in total. The summed E-state index contributed by atoms with van der Waals surface area (Å²) >= 11 is 4.96. The summed E-state index contributed by atoms with van der Waals surface area (Å²) in [6, 6.07) is 0. The summed E-state index contributed by atoms with van der Waals surface area (Å²) in [5.74, 6) is 0. The summed E-state index contributed by atoms with van der Waals surface area (Å²) in [6.07, 6.45) is 4.88. The van der Waals surface area contributed by atoms with Crippen LogP contribution in [-0.2, 0) is 16.0 Å². The van der Waals surface area contributed by atoms with Crippen molar-refractivity contribution in [1.82, 2.24) is 0 Å². The fourth-order valence-electron chi connectivity index (χ4n) is 0.686. The fraction of sp³-hybridized carbons (Fsp3) is 0.750. The van der Waals surface area contributed by atoms with Crippen LogP contribution in [0.4, 0.5) is 0 Å².